The topological polar surface area (TPSA) is 42.2 Å². The average molecular weight is 241 g/mol. The molecule has 1 aromatic heterocycles. The van der Waals surface area contributed by atoms with E-state index in [0.29, 0.717) is 0 Å². The summed E-state index contributed by atoms with van der Waals surface area (Å²) in [7, 11) is 0. The van der Waals surface area contributed by atoms with Crippen molar-refractivity contribution in [1.82, 2.24) is 4.57 Å². The summed E-state index contributed by atoms with van der Waals surface area (Å²) in [5.74, 6) is -0.726. The maximum atomic E-state index is 10.8. The summed E-state index contributed by atoms with van der Waals surface area (Å²) in [5, 5.41) is 8.91. The fraction of sp³-hybridized carbons (Fsp3) is 0.267. The van der Waals surface area contributed by atoms with Crippen molar-refractivity contribution in [3.63, 3.8) is 0 Å². The van der Waals surface area contributed by atoms with E-state index in [1.54, 1.807) is 0 Å². The predicted octanol–water partition coefficient (Wildman–Crippen LogP) is 3.04. The number of aromatic nitrogens is 1. The first kappa shape index (κ1) is 11.1. The van der Waals surface area contributed by atoms with Crippen LogP contribution in [0.25, 0.3) is 11.1 Å². The lowest BCUT2D eigenvalue weighted by Crippen LogP contribution is -2.13. The summed E-state index contributed by atoms with van der Waals surface area (Å²) in [4.78, 5) is 10.8. The summed E-state index contributed by atoms with van der Waals surface area (Å²) < 4.78 is 2.12. The molecule has 2 aromatic rings. The highest BCUT2D eigenvalue weighted by atomic mass is 16.4. The van der Waals surface area contributed by atoms with Crippen molar-refractivity contribution < 1.29 is 9.90 Å². The first-order chi connectivity index (χ1) is 8.66. The Balaban J connectivity index is 1.99. The van der Waals surface area contributed by atoms with E-state index in [2.05, 4.69) is 29.8 Å². The molecule has 1 N–H and O–H groups in total. The lowest BCUT2D eigenvalue weighted by atomic mass is 9.97. The van der Waals surface area contributed by atoms with Crippen molar-refractivity contribution in [2.24, 2.45) is 0 Å². The van der Waals surface area contributed by atoms with Crippen LogP contribution in [0.15, 0.2) is 36.5 Å². The maximum absolute atomic E-state index is 10.8. The molecule has 3 rings (SSSR count). The van der Waals surface area contributed by atoms with Gasteiger partial charge in [0.15, 0.2) is 0 Å². The quantitative estimate of drug-likeness (QED) is 0.897. The van der Waals surface area contributed by atoms with Crippen LogP contribution in [0.4, 0.5) is 0 Å². The van der Waals surface area contributed by atoms with Gasteiger partial charge in [-0.3, -0.25) is 4.79 Å². The summed E-state index contributed by atoms with van der Waals surface area (Å²) >= 11 is 0. The minimum Gasteiger partial charge on any atom is -0.481 e. The first-order valence-electron chi connectivity index (χ1n) is 6.14. The highest BCUT2D eigenvalue weighted by molar-refractivity contribution is 5.72. The van der Waals surface area contributed by atoms with E-state index in [9.17, 15) is 4.79 Å². The molecule has 18 heavy (non-hydrogen) atoms. The zero-order valence-electron chi connectivity index (χ0n) is 10.3. The Hall–Kier alpha value is -2.03. The molecule has 1 aliphatic rings. The molecule has 0 saturated heterocycles. The molecule has 0 saturated carbocycles. The second kappa shape index (κ2) is 4.02. The molecule has 0 amide bonds. The third-order valence-electron chi connectivity index (χ3n) is 3.75. The van der Waals surface area contributed by atoms with Crippen LogP contribution < -0.4 is 0 Å². The van der Waals surface area contributed by atoms with Crippen LogP contribution in [0.5, 0.6) is 0 Å². The van der Waals surface area contributed by atoms with Gasteiger partial charge in [0.1, 0.15) is 0 Å². The van der Waals surface area contributed by atoms with Crippen LogP contribution in [0.3, 0.4) is 0 Å². The van der Waals surface area contributed by atoms with Crippen LogP contribution in [0, 0.1) is 6.92 Å². The number of carbonyl (C=O) groups is 1. The summed E-state index contributed by atoms with van der Waals surface area (Å²) in [6.45, 7) is 2.07. The van der Waals surface area contributed by atoms with Crippen LogP contribution in [-0.4, -0.2) is 15.6 Å². The number of hydrogen-bond donors (Lipinski definition) is 1. The van der Waals surface area contributed by atoms with Gasteiger partial charge in [0.05, 0.1) is 6.42 Å². The largest absolute Gasteiger partial charge is 0.481 e. The molecule has 0 aliphatic carbocycles. The third kappa shape index (κ3) is 1.63. The number of rotatable bonds is 3. The van der Waals surface area contributed by atoms with Gasteiger partial charge in [-0.25, -0.2) is 0 Å². The van der Waals surface area contributed by atoms with Crippen LogP contribution in [-0.2, 0) is 11.2 Å². The number of nitrogens with zero attached hydrogens (tertiary/aromatic N) is 1. The van der Waals surface area contributed by atoms with Gasteiger partial charge in [-0.15, -0.1) is 0 Å². The lowest BCUT2D eigenvalue weighted by Gasteiger charge is -2.16. The minimum atomic E-state index is -0.726. The summed E-state index contributed by atoms with van der Waals surface area (Å²) in [5.41, 5.74) is 4.96. The standard InChI is InChI=1S/C15H15NO2/c1-10-13-7-12(8-15(17)18)16(10)9-14(13)11-5-3-2-4-6-11/h2-6,9,12H,7-8H2,1H3,(H,17,18). The van der Waals surface area contributed by atoms with Gasteiger partial charge in [-0.1, -0.05) is 30.3 Å². The fourth-order valence-corrected chi connectivity index (χ4v) is 2.87. The van der Waals surface area contributed by atoms with Gasteiger partial charge >= 0.3 is 5.97 Å². The normalized spacial score (nSPS) is 17.1. The number of fused-ring (bicyclic) bond motifs is 2. The average Bonchev–Trinajstić information content (AvgIpc) is 2.82. The molecule has 1 atom stereocenters. The zero-order chi connectivity index (χ0) is 12.7. The van der Waals surface area contributed by atoms with Crippen molar-refractivity contribution in [1.29, 1.82) is 0 Å². The molecule has 2 heterocycles. The van der Waals surface area contributed by atoms with E-state index >= 15 is 0 Å². The fourth-order valence-electron chi connectivity index (χ4n) is 2.87. The summed E-state index contributed by atoms with van der Waals surface area (Å²) in [6.07, 6.45) is 3.15. The third-order valence-corrected chi connectivity index (χ3v) is 3.75. The Morgan fingerprint density at radius 2 is 2.11 bits per heavy atom. The van der Waals surface area contributed by atoms with Crippen LogP contribution in [0.1, 0.15) is 23.7 Å². The van der Waals surface area contributed by atoms with Gasteiger partial charge in [-0.2, -0.15) is 0 Å². The van der Waals surface area contributed by atoms with Gasteiger partial charge in [0, 0.05) is 23.5 Å². The van der Waals surface area contributed by atoms with E-state index in [1.807, 2.05) is 18.2 Å². The number of hydrogen-bond acceptors (Lipinski definition) is 1. The molecule has 0 radical (unpaired) electrons. The molecule has 3 heteroatoms. The molecule has 0 spiro atoms. The molecule has 92 valence electrons. The number of aliphatic carboxylic acids is 1. The zero-order valence-corrected chi connectivity index (χ0v) is 10.3. The molecule has 1 aromatic carbocycles. The number of carboxylic acid groups (broad SMARTS) is 1. The smallest absolute Gasteiger partial charge is 0.305 e. The van der Waals surface area contributed by atoms with E-state index in [4.69, 9.17) is 5.11 Å². The van der Waals surface area contributed by atoms with E-state index in [-0.39, 0.29) is 12.5 Å². The van der Waals surface area contributed by atoms with E-state index < -0.39 is 5.97 Å². The number of carboxylic acids is 1. The van der Waals surface area contributed by atoms with Gasteiger partial charge in [0.2, 0.25) is 0 Å². The van der Waals surface area contributed by atoms with E-state index in [1.165, 1.54) is 22.4 Å². The highest BCUT2D eigenvalue weighted by Crippen LogP contribution is 2.39. The Morgan fingerprint density at radius 3 is 2.67 bits per heavy atom. The molecule has 1 unspecified atom stereocenters. The Kier molecular flexibility index (Phi) is 2.47. The molecule has 1 aliphatic heterocycles. The molecule has 2 bridgehead atoms. The lowest BCUT2D eigenvalue weighted by molar-refractivity contribution is -0.137. The Morgan fingerprint density at radius 1 is 1.39 bits per heavy atom. The highest BCUT2D eigenvalue weighted by Gasteiger charge is 2.29. The van der Waals surface area contributed by atoms with Gasteiger partial charge < -0.3 is 9.67 Å². The maximum Gasteiger partial charge on any atom is 0.305 e. The minimum absolute atomic E-state index is 0.102. The van der Waals surface area contributed by atoms with Gasteiger partial charge in [-0.05, 0) is 24.5 Å². The van der Waals surface area contributed by atoms with Crippen molar-refractivity contribution >= 4 is 5.97 Å². The summed E-state index contributed by atoms with van der Waals surface area (Å²) in [6, 6.07) is 10.4. The molecular weight excluding hydrogens is 226 g/mol. The second-order valence-electron chi connectivity index (χ2n) is 4.84. The number of benzene rings is 1. The van der Waals surface area contributed by atoms with Crippen molar-refractivity contribution in [3.8, 4) is 11.1 Å². The molecular formula is C15H15NO2. The van der Waals surface area contributed by atoms with Crippen LogP contribution >= 0.6 is 0 Å². The van der Waals surface area contributed by atoms with Gasteiger partial charge in [0.25, 0.3) is 0 Å². The Bertz CT molecular complexity index is 598. The van der Waals surface area contributed by atoms with Crippen molar-refractivity contribution in [2.45, 2.75) is 25.8 Å². The van der Waals surface area contributed by atoms with E-state index in [0.717, 1.165) is 6.42 Å². The predicted molar refractivity (Wildman–Crippen MR) is 69.6 cm³/mol. The first-order valence-corrected chi connectivity index (χ1v) is 6.14. The Labute approximate surface area is 106 Å². The second-order valence-corrected chi connectivity index (χ2v) is 4.84. The SMILES string of the molecule is Cc1c2c(-c3ccccc3)cn1C(CC(=O)O)C2. The van der Waals surface area contributed by atoms with Crippen LogP contribution in [0.2, 0.25) is 0 Å². The monoisotopic (exact) mass is 241 g/mol. The molecule has 3 nitrogen and oxygen atoms in total. The van der Waals surface area contributed by atoms with Crippen molar-refractivity contribution in [3.05, 3.63) is 47.8 Å². The van der Waals surface area contributed by atoms with Crippen molar-refractivity contribution in [2.75, 3.05) is 0 Å². The molecule has 0 fully saturated rings.